The molecule has 0 bridgehead atoms. The fraction of sp³-hybridized carbons (Fsp3) is 0.571. The van der Waals surface area contributed by atoms with Crippen molar-refractivity contribution in [1.29, 1.82) is 0 Å². The Kier molecular flexibility index (Phi) is 3.49. The molecule has 2 nitrogen and oxygen atoms in total. The van der Waals surface area contributed by atoms with Crippen molar-refractivity contribution in [2.75, 3.05) is 13.2 Å². The smallest absolute Gasteiger partial charge is 0.123 e. The molecular formula is C14H21NO. The fourth-order valence-corrected chi connectivity index (χ4v) is 2.82. The molecule has 88 valence electrons. The van der Waals surface area contributed by atoms with E-state index >= 15 is 0 Å². The van der Waals surface area contributed by atoms with E-state index in [0.717, 1.165) is 18.9 Å². The van der Waals surface area contributed by atoms with E-state index in [1.807, 2.05) is 13.0 Å². The van der Waals surface area contributed by atoms with Crippen LogP contribution in [-0.4, -0.2) is 13.2 Å². The maximum absolute atomic E-state index is 6.01. The second kappa shape index (κ2) is 4.88. The second-order valence-corrected chi connectivity index (χ2v) is 4.62. The lowest BCUT2D eigenvalue weighted by molar-refractivity contribution is 0.322. The Labute approximate surface area is 97.8 Å². The van der Waals surface area contributed by atoms with E-state index < -0.39 is 0 Å². The first-order valence-electron chi connectivity index (χ1n) is 6.25. The standard InChI is InChI=1S/C14H21NO/c1-2-16-13-8-4-3-7-12(13)14(11-15)9-5-6-10-14/h3-4,7-8H,2,5-6,9-11,15H2,1H3. The lowest BCUT2D eigenvalue weighted by Gasteiger charge is -2.29. The zero-order valence-corrected chi connectivity index (χ0v) is 10.0. The Bertz CT molecular complexity index is 342. The molecule has 0 aliphatic heterocycles. The number of hydrogen-bond acceptors (Lipinski definition) is 2. The van der Waals surface area contributed by atoms with Crippen LogP contribution in [0.15, 0.2) is 24.3 Å². The van der Waals surface area contributed by atoms with Crippen molar-refractivity contribution in [3.05, 3.63) is 29.8 Å². The highest BCUT2D eigenvalue weighted by atomic mass is 16.5. The second-order valence-electron chi connectivity index (χ2n) is 4.62. The summed E-state index contributed by atoms with van der Waals surface area (Å²) in [6.07, 6.45) is 4.98. The first-order chi connectivity index (χ1) is 7.82. The third-order valence-corrected chi connectivity index (χ3v) is 3.71. The van der Waals surface area contributed by atoms with Gasteiger partial charge >= 0.3 is 0 Å². The van der Waals surface area contributed by atoms with Crippen molar-refractivity contribution in [2.45, 2.75) is 38.0 Å². The number of hydrogen-bond donors (Lipinski definition) is 1. The van der Waals surface area contributed by atoms with Gasteiger partial charge < -0.3 is 10.5 Å². The molecule has 2 heteroatoms. The summed E-state index contributed by atoms with van der Waals surface area (Å²) in [5.41, 5.74) is 7.50. The highest BCUT2D eigenvalue weighted by Gasteiger charge is 2.36. The number of para-hydroxylation sites is 1. The zero-order valence-electron chi connectivity index (χ0n) is 10.0. The van der Waals surface area contributed by atoms with Crippen LogP contribution < -0.4 is 10.5 Å². The first kappa shape index (κ1) is 11.5. The summed E-state index contributed by atoms with van der Waals surface area (Å²) in [5, 5.41) is 0. The predicted molar refractivity (Wildman–Crippen MR) is 66.8 cm³/mol. The Morgan fingerprint density at radius 2 is 1.94 bits per heavy atom. The average molecular weight is 219 g/mol. The monoisotopic (exact) mass is 219 g/mol. The van der Waals surface area contributed by atoms with Crippen LogP contribution in [0.2, 0.25) is 0 Å². The minimum atomic E-state index is 0.172. The van der Waals surface area contributed by atoms with E-state index in [2.05, 4.69) is 18.2 Å². The normalized spacial score (nSPS) is 18.6. The molecule has 1 aliphatic carbocycles. The molecule has 0 radical (unpaired) electrons. The van der Waals surface area contributed by atoms with Gasteiger partial charge in [-0.3, -0.25) is 0 Å². The first-order valence-corrected chi connectivity index (χ1v) is 6.25. The number of rotatable bonds is 4. The Morgan fingerprint density at radius 3 is 2.56 bits per heavy atom. The van der Waals surface area contributed by atoms with Gasteiger partial charge in [-0.15, -0.1) is 0 Å². The average Bonchev–Trinajstić information content (AvgIpc) is 2.80. The van der Waals surface area contributed by atoms with Crippen LogP contribution in [0, 0.1) is 0 Å². The molecule has 2 rings (SSSR count). The van der Waals surface area contributed by atoms with E-state index in [4.69, 9.17) is 10.5 Å². The quantitative estimate of drug-likeness (QED) is 0.845. The molecule has 0 amide bonds. The van der Waals surface area contributed by atoms with Crippen molar-refractivity contribution in [3.8, 4) is 5.75 Å². The molecule has 0 atom stereocenters. The van der Waals surface area contributed by atoms with Crippen LogP contribution in [0.3, 0.4) is 0 Å². The van der Waals surface area contributed by atoms with Crippen molar-refractivity contribution in [1.82, 2.24) is 0 Å². The van der Waals surface area contributed by atoms with Crippen molar-refractivity contribution in [2.24, 2.45) is 5.73 Å². The highest BCUT2D eigenvalue weighted by Crippen LogP contribution is 2.43. The van der Waals surface area contributed by atoms with Gasteiger partial charge in [-0.05, 0) is 25.8 Å². The molecule has 2 N–H and O–H groups in total. The number of nitrogens with two attached hydrogens (primary N) is 1. The van der Waals surface area contributed by atoms with Crippen LogP contribution in [0.4, 0.5) is 0 Å². The molecule has 16 heavy (non-hydrogen) atoms. The number of benzene rings is 1. The van der Waals surface area contributed by atoms with Crippen LogP contribution >= 0.6 is 0 Å². The van der Waals surface area contributed by atoms with Crippen molar-refractivity contribution >= 4 is 0 Å². The van der Waals surface area contributed by atoms with Gasteiger partial charge in [-0.1, -0.05) is 31.0 Å². The summed E-state index contributed by atoms with van der Waals surface area (Å²) in [7, 11) is 0. The summed E-state index contributed by atoms with van der Waals surface area (Å²) in [6, 6.07) is 8.37. The lowest BCUT2D eigenvalue weighted by Crippen LogP contribution is -2.32. The molecule has 0 unspecified atom stereocenters. The Morgan fingerprint density at radius 1 is 1.25 bits per heavy atom. The summed E-state index contributed by atoms with van der Waals surface area (Å²) in [4.78, 5) is 0. The van der Waals surface area contributed by atoms with Gasteiger partial charge in [0.2, 0.25) is 0 Å². The van der Waals surface area contributed by atoms with Crippen molar-refractivity contribution in [3.63, 3.8) is 0 Å². The molecule has 0 aromatic heterocycles. The molecule has 1 fully saturated rings. The number of ether oxygens (including phenoxy) is 1. The summed E-state index contributed by atoms with van der Waals surface area (Å²) < 4.78 is 5.72. The van der Waals surface area contributed by atoms with Gasteiger partial charge in [-0.25, -0.2) is 0 Å². The van der Waals surface area contributed by atoms with Gasteiger partial charge in [0.1, 0.15) is 5.75 Å². The van der Waals surface area contributed by atoms with Crippen LogP contribution in [0.1, 0.15) is 38.2 Å². The van der Waals surface area contributed by atoms with E-state index in [0.29, 0.717) is 0 Å². The largest absolute Gasteiger partial charge is 0.494 e. The minimum absolute atomic E-state index is 0.172. The highest BCUT2D eigenvalue weighted by molar-refractivity contribution is 5.40. The third-order valence-electron chi connectivity index (χ3n) is 3.71. The van der Waals surface area contributed by atoms with Gasteiger partial charge in [0.05, 0.1) is 6.61 Å². The van der Waals surface area contributed by atoms with E-state index in [1.54, 1.807) is 0 Å². The topological polar surface area (TPSA) is 35.2 Å². The molecule has 0 spiro atoms. The van der Waals surface area contributed by atoms with Crippen molar-refractivity contribution < 1.29 is 4.74 Å². The molecule has 0 saturated heterocycles. The third kappa shape index (κ3) is 1.94. The minimum Gasteiger partial charge on any atom is -0.494 e. The van der Waals surface area contributed by atoms with Gasteiger partial charge in [0, 0.05) is 17.5 Å². The molecule has 1 aromatic rings. The fourth-order valence-electron chi connectivity index (χ4n) is 2.82. The van der Waals surface area contributed by atoms with E-state index in [1.165, 1.54) is 31.2 Å². The van der Waals surface area contributed by atoms with E-state index in [9.17, 15) is 0 Å². The van der Waals surface area contributed by atoms with E-state index in [-0.39, 0.29) is 5.41 Å². The molecular weight excluding hydrogens is 198 g/mol. The molecule has 1 saturated carbocycles. The predicted octanol–water partition coefficient (Wildman–Crippen LogP) is 2.86. The Balaban J connectivity index is 2.37. The molecule has 1 aromatic carbocycles. The SMILES string of the molecule is CCOc1ccccc1C1(CN)CCCC1. The Hall–Kier alpha value is -1.02. The van der Waals surface area contributed by atoms with Crippen LogP contribution in [-0.2, 0) is 5.41 Å². The molecule has 0 heterocycles. The summed E-state index contributed by atoms with van der Waals surface area (Å²) >= 11 is 0. The van der Waals surface area contributed by atoms with Crippen LogP contribution in [0.25, 0.3) is 0 Å². The lowest BCUT2D eigenvalue weighted by atomic mass is 9.78. The summed E-state index contributed by atoms with van der Waals surface area (Å²) in [6.45, 7) is 3.48. The van der Waals surface area contributed by atoms with Gasteiger partial charge in [0.15, 0.2) is 0 Å². The molecule has 1 aliphatic rings. The maximum Gasteiger partial charge on any atom is 0.123 e. The maximum atomic E-state index is 6.01. The van der Waals surface area contributed by atoms with Gasteiger partial charge in [0.25, 0.3) is 0 Å². The van der Waals surface area contributed by atoms with Crippen LogP contribution in [0.5, 0.6) is 5.75 Å². The summed E-state index contributed by atoms with van der Waals surface area (Å²) in [5.74, 6) is 1.03. The zero-order chi connectivity index (χ0) is 11.4. The van der Waals surface area contributed by atoms with Gasteiger partial charge in [-0.2, -0.15) is 0 Å².